The minimum atomic E-state index is -4.72. The van der Waals surface area contributed by atoms with Crippen molar-refractivity contribution >= 4 is 23.2 Å². The summed E-state index contributed by atoms with van der Waals surface area (Å²) in [6.07, 6.45) is -2.73. The van der Waals surface area contributed by atoms with Crippen molar-refractivity contribution in [2.75, 3.05) is 5.32 Å². The molecule has 10 heteroatoms. The van der Waals surface area contributed by atoms with Crippen LogP contribution in [0, 0.1) is 0 Å². The van der Waals surface area contributed by atoms with Crippen LogP contribution in [-0.4, -0.2) is 25.9 Å². The number of benzene rings is 1. The van der Waals surface area contributed by atoms with Crippen molar-refractivity contribution in [1.82, 2.24) is 19.6 Å². The van der Waals surface area contributed by atoms with Crippen molar-refractivity contribution < 1.29 is 17.9 Å². The zero-order chi connectivity index (χ0) is 18.9. The van der Waals surface area contributed by atoms with Gasteiger partial charge in [0.2, 0.25) is 0 Å². The highest BCUT2D eigenvalue weighted by molar-refractivity contribution is 6.33. The molecule has 1 N–H and O–H groups in total. The third kappa shape index (κ3) is 3.82. The number of hydrogen-bond donors (Lipinski definition) is 1. The summed E-state index contributed by atoms with van der Waals surface area (Å²) in [6.45, 7) is 3.78. The van der Waals surface area contributed by atoms with Gasteiger partial charge in [-0.25, -0.2) is 4.98 Å². The van der Waals surface area contributed by atoms with E-state index in [-0.39, 0.29) is 11.8 Å². The van der Waals surface area contributed by atoms with Gasteiger partial charge in [0.05, 0.1) is 5.69 Å². The molecule has 0 fully saturated rings. The summed E-state index contributed by atoms with van der Waals surface area (Å²) < 4.78 is 42.1. The lowest BCUT2D eigenvalue weighted by Gasteiger charge is -2.18. The number of nitrogens with one attached hydrogen (secondary N) is 1. The maximum absolute atomic E-state index is 12.3. The Balaban J connectivity index is 1.86. The van der Waals surface area contributed by atoms with Gasteiger partial charge in [-0.2, -0.15) is 14.6 Å². The molecule has 138 valence electrons. The van der Waals surface area contributed by atoms with E-state index in [4.69, 9.17) is 11.6 Å². The first-order valence-corrected chi connectivity index (χ1v) is 8.16. The van der Waals surface area contributed by atoms with Gasteiger partial charge in [0.1, 0.15) is 17.1 Å². The second-order valence-electron chi connectivity index (χ2n) is 5.53. The second-order valence-corrected chi connectivity index (χ2v) is 5.91. The number of rotatable bonds is 5. The fraction of sp³-hybridized carbons (Fsp3) is 0.312. The molecule has 0 saturated carbocycles. The second kappa shape index (κ2) is 6.99. The van der Waals surface area contributed by atoms with Gasteiger partial charge in [-0.05, 0) is 31.0 Å². The van der Waals surface area contributed by atoms with Crippen molar-refractivity contribution in [2.24, 2.45) is 0 Å². The van der Waals surface area contributed by atoms with E-state index in [2.05, 4.69) is 25.1 Å². The van der Waals surface area contributed by atoms with E-state index in [1.165, 1.54) is 23.0 Å². The van der Waals surface area contributed by atoms with Crippen molar-refractivity contribution in [3.63, 3.8) is 0 Å². The Labute approximate surface area is 152 Å². The van der Waals surface area contributed by atoms with Crippen molar-refractivity contribution in [3.05, 3.63) is 46.9 Å². The topological polar surface area (TPSA) is 64.3 Å². The molecule has 0 aliphatic rings. The Hall–Kier alpha value is -2.55. The molecule has 0 aliphatic carbocycles. The molecule has 0 saturated heterocycles. The molecule has 0 bridgehead atoms. The van der Waals surface area contributed by atoms with Gasteiger partial charge >= 0.3 is 6.36 Å². The molecule has 2 aromatic heterocycles. The Morgan fingerprint density at radius 2 is 1.96 bits per heavy atom. The summed E-state index contributed by atoms with van der Waals surface area (Å²) in [5.41, 5.74) is 1.43. The summed E-state index contributed by atoms with van der Waals surface area (Å²) in [5, 5.41) is 7.76. The molecular weight excluding hydrogens is 371 g/mol. The van der Waals surface area contributed by atoms with Crippen LogP contribution in [-0.2, 0) is 6.42 Å². The van der Waals surface area contributed by atoms with Crippen LogP contribution in [0.25, 0.3) is 5.78 Å². The number of fused-ring (bicyclic) bond motifs is 1. The highest BCUT2D eigenvalue weighted by atomic mass is 35.5. The highest BCUT2D eigenvalue weighted by Crippen LogP contribution is 2.30. The molecule has 0 aliphatic heterocycles. The Bertz CT molecular complexity index is 911. The normalized spacial score (nSPS) is 13.0. The first-order chi connectivity index (χ1) is 12.3. The van der Waals surface area contributed by atoms with E-state index >= 15 is 0 Å². The fourth-order valence-electron chi connectivity index (χ4n) is 2.47. The average Bonchev–Trinajstić information content (AvgIpc) is 3.04. The number of aryl methyl sites for hydroxylation is 1. The predicted molar refractivity (Wildman–Crippen MR) is 90.3 cm³/mol. The largest absolute Gasteiger partial charge is 0.573 e. The van der Waals surface area contributed by atoms with E-state index < -0.39 is 6.36 Å². The fourth-order valence-corrected chi connectivity index (χ4v) is 2.78. The number of nitrogens with zero attached hydrogens (tertiary/aromatic N) is 4. The zero-order valence-corrected chi connectivity index (χ0v) is 14.6. The zero-order valence-electron chi connectivity index (χ0n) is 13.9. The predicted octanol–water partition coefficient (Wildman–Crippen LogP) is 4.41. The van der Waals surface area contributed by atoms with Crippen LogP contribution in [0.4, 0.5) is 19.0 Å². The average molecular weight is 386 g/mol. The van der Waals surface area contributed by atoms with E-state index in [1.54, 1.807) is 12.1 Å². The van der Waals surface area contributed by atoms with E-state index in [0.717, 1.165) is 5.56 Å². The van der Waals surface area contributed by atoms with Gasteiger partial charge in [-0.1, -0.05) is 30.7 Å². The van der Waals surface area contributed by atoms with Gasteiger partial charge in [-0.15, -0.1) is 13.2 Å². The number of aromatic nitrogens is 4. The third-order valence-electron chi connectivity index (χ3n) is 3.74. The number of hydrogen-bond acceptors (Lipinski definition) is 5. The molecule has 3 aromatic rings. The van der Waals surface area contributed by atoms with Crippen LogP contribution < -0.4 is 10.1 Å². The molecule has 1 aromatic carbocycles. The van der Waals surface area contributed by atoms with Crippen molar-refractivity contribution in [3.8, 4) is 5.75 Å². The van der Waals surface area contributed by atoms with Gasteiger partial charge < -0.3 is 10.1 Å². The molecule has 1 atom stereocenters. The molecule has 2 heterocycles. The maximum Gasteiger partial charge on any atom is 0.573 e. The Morgan fingerprint density at radius 1 is 1.27 bits per heavy atom. The molecule has 0 amide bonds. The quantitative estimate of drug-likeness (QED) is 0.704. The number of anilines is 1. The molecule has 26 heavy (non-hydrogen) atoms. The summed E-state index contributed by atoms with van der Waals surface area (Å²) in [7, 11) is 0. The monoisotopic (exact) mass is 385 g/mol. The van der Waals surface area contributed by atoms with Crippen molar-refractivity contribution in [2.45, 2.75) is 32.7 Å². The minimum Gasteiger partial charge on any atom is -0.406 e. The molecule has 0 radical (unpaired) electrons. The van der Waals surface area contributed by atoms with Crippen LogP contribution in [0.1, 0.15) is 31.1 Å². The van der Waals surface area contributed by atoms with Crippen LogP contribution in [0.3, 0.4) is 0 Å². The van der Waals surface area contributed by atoms with E-state index in [0.29, 0.717) is 28.7 Å². The first-order valence-electron chi connectivity index (χ1n) is 7.79. The molecule has 1 unspecified atom stereocenters. The summed E-state index contributed by atoms with van der Waals surface area (Å²) in [5.74, 6) is 0.659. The van der Waals surface area contributed by atoms with Gasteiger partial charge in [0, 0.05) is 6.04 Å². The van der Waals surface area contributed by atoms with Crippen LogP contribution in [0.5, 0.6) is 5.75 Å². The van der Waals surface area contributed by atoms with Crippen LogP contribution in [0.15, 0.2) is 30.6 Å². The lowest BCUT2D eigenvalue weighted by atomic mass is 10.1. The summed E-state index contributed by atoms with van der Waals surface area (Å²) in [6, 6.07) is 5.36. The van der Waals surface area contributed by atoms with Gasteiger partial charge in [0.25, 0.3) is 5.78 Å². The summed E-state index contributed by atoms with van der Waals surface area (Å²) in [4.78, 5) is 8.41. The lowest BCUT2D eigenvalue weighted by molar-refractivity contribution is -0.274. The molecule has 6 nitrogen and oxygen atoms in total. The van der Waals surface area contributed by atoms with Gasteiger partial charge in [0.15, 0.2) is 5.82 Å². The Morgan fingerprint density at radius 3 is 2.58 bits per heavy atom. The molecular formula is C16H15ClF3N5O. The van der Waals surface area contributed by atoms with E-state index in [9.17, 15) is 13.2 Å². The third-order valence-corrected chi connectivity index (χ3v) is 4.14. The number of halogens is 4. The smallest absolute Gasteiger partial charge is 0.406 e. The maximum atomic E-state index is 12.3. The lowest BCUT2D eigenvalue weighted by Crippen LogP contribution is -2.17. The highest BCUT2D eigenvalue weighted by Gasteiger charge is 2.31. The standard InChI is InChI=1S/C16H15ClF3N5O/c1-3-12-13(17)14(25-15(24-12)21-8-22-25)23-9(2)10-4-6-11(7-5-10)26-16(18,19)20/h4-9,23H,3H2,1-2H3. The number of alkyl halides is 3. The number of ether oxygens (including phenoxy) is 1. The minimum absolute atomic E-state index is 0.257. The van der Waals surface area contributed by atoms with Gasteiger partial charge in [-0.3, -0.25) is 0 Å². The molecule has 3 rings (SSSR count). The van der Waals surface area contributed by atoms with Crippen LogP contribution >= 0.6 is 11.6 Å². The van der Waals surface area contributed by atoms with E-state index in [1.807, 2.05) is 13.8 Å². The van der Waals surface area contributed by atoms with Crippen LogP contribution in [0.2, 0.25) is 5.02 Å². The summed E-state index contributed by atoms with van der Waals surface area (Å²) >= 11 is 6.42. The SMILES string of the molecule is CCc1nc2ncnn2c(NC(C)c2ccc(OC(F)(F)F)cc2)c1Cl. The van der Waals surface area contributed by atoms with Crippen molar-refractivity contribution in [1.29, 1.82) is 0 Å². The Kier molecular flexibility index (Phi) is 4.90. The first kappa shape index (κ1) is 18.2. The molecule has 0 spiro atoms.